The molecule has 0 radical (unpaired) electrons. The Hall–Kier alpha value is -2.00. The third kappa shape index (κ3) is 3.73. The highest BCUT2D eigenvalue weighted by atomic mass is 35.5. The zero-order valence-electron chi connectivity index (χ0n) is 14.0. The third-order valence-corrected chi connectivity index (χ3v) is 4.80. The summed E-state index contributed by atoms with van der Waals surface area (Å²) < 4.78 is 5.71. The summed E-state index contributed by atoms with van der Waals surface area (Å²) in [7, 11) is 0. The average Bonchev–Trinajstić information content (AvgIpc) is 2.59. The third-order valence-electron chi connectivity index (χ3n) is 4.56. The summed E-state index contributed by atoms with van der Waals surface area (Å²) in [5.74, 6) is 0.787. The molecule has 0 fully saturated rings. The Labute approximate surface area is 148 Å². The fourth-order valence-corrected chi connectivity index (χ4v) is 3.15. The molecule has 2 aromatic carbocycles. The molecule has 3 nitrogen and oxygen atoms in total. The van der Waals surface area contributed by atoms with Gasteiger partial charge in [0.05, 0.1) is 5.92 Å². The van der Waals surface area contributed by atoms with E-state index in [1.807, 2.05) is 48.5 Å². The van der Waals surface area contributed by atoms with Crippen LogP contribution in [0, 0.1) is 5.92 Å². The molecule has 4 heteroatoms. The molecule has 0 saturated heterocycles. The van der Waals surface area contributed by atoms with Crippen LogP contribution >= 0.6 is 11.6 Å². The van der Waals surface area contributed by atoms with Crippen molar-refractivity contribution < 1.29 is 9.53 Å². The highest BCUT2D eigenvalue weighted by molar-refractivity contribution is 6.30. The highest BCUT2D eigenvalue weighted by Gasteiger charge is 2.28. The lowest BCUT2D eigenvalue weighted by Gasteiger charge is -2.29. The molecular weight excluding hydrogens is 322 g/mol. The van der Waals surface area contributed by atoms with E-state index in [0.29, 0.717) is 18.2 Å². The lowest BCUT2D eigenvalue weighted by molar-refractivity contribution is -0.126. The molecule has 1 aliphatic rings. The Balaban J connectivity index is 1.61. The van der Waals surface area contributed by atoms with Crippen LogP contribution in [0.2, 0.25) is 5.02 Å². The second-order valence-electron chi connectivity index (χ2n) is 6.93. The molecule has 1 unspecified atom stereocenters. The molecule has 1 N–H and O–H groups in total. The number of halogens is 1. The second kappa shape index (κ2) is 6.86. The molecule has 1 amide bonds. The SMILES string of the molecule is CC(C)(CNC(=O)C1COc2ccccc2C1)c1cccc(Cl)c1. The van der Waals surface area contributed by atoms with Crippen LogP contribution in [-0.2, 0) is 16.6 Å². The summed E-state index contributed by atoms with van der Waals surface area (Å²) in [6.45, 7) is 5.20. The van der Waals surface area contributed by atoms with Gasteiger partial charge in [-0.1, -0.05) is 55.8 Å². The van der Waals surface area contributed by atoms with Crippen LogP contribution in [0.3, 0.4) is 0 Å². The molecule has 1 heterocycles. The van der Waals surface area contributed by atoms with Crippen molar-refractivity contribution in [1.29, 1.82) is 0 Å². The zero-order chi connectivity index (χ0) is 17.2. The van der Waals surface area contributed by atoms with Gasteiger partial charge in [0.15, 0.2) is 0 Å². The van der Waals surface area contributed by atoms with Crippen molar-refractivity contribution >= 4 is 17.5 Å². The van der Waals surface area contributed by atoms with Gasteiger partial charge in [0.2, 0.25) is 5.91 Å². The van der Waals surface area contributed by atoms with Crippen molar-refractivity contribution in [2.75, 3.05) is 13.2 Å². The van der Waals surface area contributed by atoms with E-state index in [1.54, 1.807) is 0 Å². The number of hydrogen-bond acceptors (Lipinski definition) is 2. The molecule has 1 aliphatic heterocycles. The van der Waals surface area contributed by atoms with Gasteiger partial charge in [-0.05, 0) is 35.7 Å². The van der Waals surface area contributed by atoms with Crippen LogP contribution in [0.25, 0.3) is 0 Å². The van der Waals surface area contributed by atoms with E-state index in [1.165, 1.54) is 0 Å². The molecule has 0 aliphatic carbocycles. The van der Waals surface area contributed by atoms with E-state index >= 15 is 0 Å². The summed E-state index contributed by atoms with van der Waals surface area (Å²) in [6, 6.07) is 15.7. The second-order valence-corrected chi connectivity index (χ2v) is 7.37. The lowest BCUT2D eigenvalue weighted by Crippen LogP contribution is -2.42. The number of nitrogens with one attached hydrogen (secondary N) is 1. The molecule has 0 saturated carbocycles. The van der Waals surface area contributed by atoms with Crippen LogP contribution in [0.5, 0.6) is 5.75 Å². The molecular formula is C20H22ClNO2. The number of hydrogen-bond donors (Lipinski definition) is 1. The quantitative estimate of drug-likeness (QED) is 0.911. The van der Waals surface area contributed by atoms with Gasteiger partial charge in [-0.2, -0.15) is 0 Å². The fraction of sp³-hybridized carbons (Fsp3) is 0.350. The Kier molecular flexibility index (Phi) is 4.81. The minimum Gasteiger partial charge on any atom is -0.492 e. The van der Waals surface area contributed by atoms with Crippen LogP contribution < -0.4 is 10.1 Å². The number of ether oxygens (including phenoxy) is 1. The predicted molar refractivity (Wildman–Crippen MR) is 96.6 cm³/mol. The first-order valence-corrected chi connectivity index (χ1v) is 8.58. The number of rotatable bonds is 4. The van der Waals surface area contributed by atoms with Gasteiger partial charge >= 0.3 is 0 Å². The van der Waals surface area contributed by atoms with E-state index in [4.69, 9.17) is 16.3 Å². The van der Waals surface area contributed by atoms with Crippen molar-refractivity contribution in [3.8, 4) is 5.75 Å². The van der Waals surface area contributed by atoms with Crippen LogP contribution in [0.15, 0.2) is 48.5 Å². The average molecular weight is 344 g/mol. The van der Waals surface area contributed by atoms with Crippen molar-refractivity contribution in [2.24, 2.45) is 5.92 Å². The number of amides is 1. The first-order chi connectivity index (χ1) is 11.5. The number of carbonyl (C=O) groups is 1. The first-order valence-electron chi connectivity index (χ1n) is 8.20. The van der Waals surface area contributed by atoms with E-state index in [0.717, 1.165) is 23.3 Å². The Bertz CT molecular complexity index is 742. The Morgan fingerprint density at radius 3 is 2.83 bits per heavy atom. The number of para-hydroxylation sites is 1. The Morgan fingerprint density at radius 1 is 1.25 bits per heavy atom. The van der Waals surface area contributed by atoms with Gasteiger partial charge in [0, 0.05) is 17.0 Å². The summed E-state index contributed by atoms with van der Waals surface area (Å²) in [5, 5.41) is 3.79. The molecule has 0 bridgehead atoms. The minimum absolute atomic E-state index is 0.0413. The lowest BCUT2D eigenvalue weighted by atomic mass is 9.84. The molecule has 1 atom stereocenters. The van der Waals surface area contributed by atoms with Gasteiger partial charge in [-0.3, -0.25) is 4.79 Å². The standard InChI is InChI=1S/C20H22ClNO2/c1-20(2,16-7-5-8-17(21)11-16)13-22-19(23)15-10-14-6-3-4-9-18(14)24-12-15/h3-9,11,15H,10,12-13H2,1-2H3,(H,22,23). The number of benzene rings is 2. The van der Waals surface area contributed by atoms with E-state index in [-0.39, 0.29) is 17.2 Å². The summed E-state index contributed by atoms with van der Waals surface area (Å²) in [5.41, 5.74) is 2.02. The first kappa shape index (κ1) is 16.8. The Morgan fingerprint density at radius 2 is 2.04 bits per heavy atom. The number of carbonyl (C=O) groups excluding carboxylic acids is 1. The molecule has 2 aromatic rings. The topological polar surface area (TPSA) is 38.3 Å². The summed E-state index contributed by atoms with van der Waals surface area (Å²) in [6.07, 6.45) is 0.722. The molecule has 0 aromatic heterocycles. The van der Waals surface area contributed by atoms with Crippen LogP contribution in [0.4, 0.5) is 0 Å². The normalized spacial score (nSPS) is 16.9. The molecule has 0 spiro atoms. The predicted octanol–water partition coefficient (Wildman–Crippen LogP) is 3.99. The van der Waals surface area contributed by atoms with Gasteiger partial charge < -0.3 is 10.1 Å². The van der Waals surface area contributed by atoms with Crippen molar-refractivity contribution in [1.82, 2.24) is 5.32 Å². The maximum absolute atomic E-state index is 12.5. The van der Waals surface area contributed by atoms with Gasteiger partial charge in [0.1, 0.15) is 12.4 Å². The highest BCUT2D eigenvalue weighted by Crippen LogP contribution is 2.28. The maximum atomic E-state index is 12.5. The number of fused-ring (bicyclic) bond motifs is 1. The maximum Gasteiger partial charge on any atom is 0.226 e. The van der Waals surface area contributed by atoms with Crippen molar-refractivity contribution in [3.05, 3.63) is 64.7 Å². The van der Waals surface area contributed by atoms with Crippen molar-refractivity contribution in [2.45, 2.75) is 25.7 Å². The van der Waals surface area contributed by atoms with E-state index in [9.17, 15) is 4.79 Å². The van der Waals surface area contributed by atoms with Crippen molar-refractivity contribution in [3.63, 3.8) is 0 Å². The monoisotopic (exact) mass is 343 g/mol. The largest absolute Gasteiger partial charge is 0.492 e. The van der Waals surface area contributed by atoms with Crippen LogP contribution in [-0.4, -0.2) is 19.1 Å². The zero-order valence-corrected chi connectivity index (χ0v) is 14.8. The molecule has 126 valence electrons. The minimum atomic E-state index is -0.187. The summed E-state index contributed by atoms with van der Waals surface area (Å²) in [4.78, 5) is 12.5. The van der Waals surface area contributed by atoms with Gasteiger partial charge in [-0.15, -0.1) is 0 Å². The summed E-state index contributed by atoms with van der Waals surface area (Å²) >= 11 is 6.08. The van der Waals surface area contributed by atoms with Gasteiger partial charge in [-0.25, -0.2) is 0 Å². The molecule has 24 heavy (non-hydrogen) atoms. The van der Waals surface area contributed by atoms with E-state index < -0.39 is 0 Å². The molecule has 3 rings (SSSR count). The van der Waals surface area contributed by atoms with E-state index in [2.05, 4.69) is 19.2 Å². The fourth-order valence-electron chi connectivity index (χ4n) is 2.96. The smallest absolute Gasteiger partial charge is 0.226 e. The van der Waals surface area contributed by atoms with Crippen LogP contribution in [0.1, 0.15) is 25.0 Å². The van der Waals surface area contributed by atoms with Gasteiger partial charge in [0.25, 0.3) is 0 Å².